The third kappa shape index (κ3) is 3.47. The first-order chi connectivity index (χ1) is 11.8. The molecule has 0 aliphatic carbocycles. The van der Waals surface area contributed by atoms with Gasteiger partial charge in [0.1, 0.15) is 0 Å². The molecular formula is C19H23N5. The minimum Gasteiger partial charge on any atom is -0.297 e. The normalized spacial score (nSPS) is 16.7. The summed E-state index contributed by atoms with van der Waals surface area (Å²) < 4.78 is 1.99. The Labute approximate surface area is 142 Å². The SMILES string of the molecule is Cc1cccc(CN2CCN(Cc3cnc4nccn4c3)CC2)c1. The summed E-state index contributed by atoms with van der Waals surface area (Å²) in [6, 6.07) is 8.83. The van der Waals surface area contributed by atoms with Gasteiger partial charge in [-0.15, -0.1) is 0 Å². The van der Waals surface area contributed by atoms with Crippen LogP contribution in [0.25, 0.3) is 5.78 Å². The van der Waals surface area contributed by atoms with E-state index in [1.165, 1.54) is 16.7 Å². The Morgan fingerprint density at radius 2 is 1.71 bits per heavy atom. The van der Waals surface area contributed by atoms with Crippen LogP contribution in [-0.2, 0) is 13.1 Å². The molecule has 5 nitrogen and oxygen atoms in total. The van der Waals surface area contributed by atoms with Crippen LogP contribution in [0.2, 0.25) is 0 Å². The second-order valence-corrected chi connectivity index (χ2v) is 6.64. The van der Waals surface area contributed by atoms with E-state index in [0.717, 1.165) is 45.0 Å². The molecule has 0 amide bonds. The second kappa shape index (κ2) is 6.71. The average molecular weight is 321 g/mol. The largest absolute Gasteiger partial charge is 0.297 e. The molecule has 1 aliphatic rings. The first-order valence-corrected chi connectivity index (χ1v) is 8.54. The fourth-order valence-corrected chi connectivity index (χ4v) is 3.37. The molecule has 2 aromatic heterocycles. The Morgan fingerprint density at radius 3 is 2.46 bits per heavy atom. The van der Waals surface area contributed by atoms with Crippen molar-refractivity contribution in [2.24, 2.45) is 0 Å². The highest BCUT2D eigenvalue weighted by atomic mass is 15.3. The van der Waals surface area contributed by atoms with Gasteiger partial charge < -0.3 is 0 Å². The zero-order chi connectivity index (χ0) is 16.4. The van der Waals surface area contributed by atoms with E-state index < -0.39 is 0 Å². The van der Waals surface area contributed by atoms with Crippen molar-refractivity contribution < 1.29 is 0 Å². The van der Waals surface area contributed by atoms with Gasteiger partial charge in [0, 0.05) is 69.6 Å². The van der Waals surface area contributed by atoms with Crippen LogP contribution in [0, 0.1) is 6.92 Å². The first-order valence-electron chi connectivity index (χ1n) is 8.54. The van der Waals surface area contributed by atoms with Crippen LogP contribution in [-0.4, -0.2) is 50.3 Å². The molecule has 0 bridgehead atoms. The maximum Gasteiger partial charge on any atom is 0.233 e. The number of hydrogen-bond donors (Lipinski definition) is 0. The van der Waals surface area contributed by atoms with Crippen LogP contribution in [0.4, 0.5) is 0 Å². The van der Waals surface area contributed by atoms with E-state index in [9.17, 15) is 0 Å². The number of hydrogen-bond acceptors (Lipinski definition) is 4. The predicted octanol–water partition coefficient (Wildman–Crippen LogP) is 2.36. The van der Waals surface area contributed by atoms with Crippen molar-refractivity contribution in [3.8, 4) is 0 Å². The summed E-state index contributed by atoms with van der Waals surface area (Å²) in [4.78, 5) is 13.6. The van der Waals surface area contributed by atoms with Crippen molar-refractivity contribution in [2.75, 3.05) is 26.2 Å². The molecule has 0 N–H and O–H groups in total. The number of aryl methyl sites for hydroxylation is 1. The molecule has 4 rings (SSSR count). The highest BCUT2D eigenvalue weighted by Crippen LogP contribution is 2.12. The standard InChI is InChI=1S/C19H23N5/c1-16-3-2-4-17(11-16)13-22-7-9-23(10-8-22)14-18-12-21-19-20-5-6-24(19)15-18/h2-6,11-12,15H,7-10,13-14H2,1H3. The molecule has 0 unspecified atom stereocenters. The zero-order valence-electron chi connectivity index (χ0n) is 14.1. The lowest BCUT2D eigenvalue weighted by atomic mass is 10.1. The van der Waals surface area contributed by atoms with Crippen LogP contribution >= 0.6 is 0 Å². The Bertz CT molecular complexity index is 817. The quantitative estimate of drug-likeness (QED) is 0.739. The molecule has 5 heteroatoms. The Kier molecular flexibility index (Phi) is 4.28. The lowest BCUT2D eigenvalue weighted by Gasteiger charge is -2.34. The molecule has 1 fully saturated rings. The molecule has 124 valence electrons. The van der Waals surface area contributed by atoms with Crippen LogP contribution in [0.15, 0.2) is 49.1 Å². The van der Waals surface area contributed by atoms with E-state index in [4.69, 9.17) is 0 Å². The van der Waals surface area contributed by atoms with Gasteiger partial charge in [-0.25, -0.2) is 9.97 Å². The van der Waals surface area contributed by atoms with E-state index in [1.807, 2.05) is 16.8 Å². The number of imidazole rings is 1. The van der Waals surface area contributed by atoms with Gasteiger partial charge in [-0.2, -0.15) is 0 Å². The van der Waals surface area contributed by atoms with Crippen LogP contribution in [0.1, 0.15) is 16.7 Å². The van der Waals surface area contributed by atoms with Gasteiger partial charge >= 0.3 is 0 Å². The van der Waals surface area contributed by atoms with Gasteiger partial charge in [-0.1, -0.05) is 29.8 Å². The van der Waals surface area contributed by atoms with Crippen LogP contribution in [0.5, 0.6) is 0 Å². The Morgan fingerprint density at radius 1 is 0.958 bits per heavy atom. The van der Waals surface area contributed by atoms with Crippen molar-refractivity contribution in [2.45, 2.75) is 20.0 Å². The van der Waals surface area contributed by atoms with Crippen LogP contribution < -0.4 is 0 Å². The molecule has 0 spiro atoms. The maximum absolute atomic E-state index is 4.40. The summed E-state index contributed by atoms with van der Waals surface area (Å²) in [5.41, 5.74) is 4.00. The fourth-order valence-electron chi connectivity index (χ4n) is 3.37. The van der Waals surface area contributed by atoms with E-state index in [-0.39, 0.29) is 0 Å². The molecule has 1 saturated heterocycles. The number of piperazine rings is 1. The molecule has 24 heavy (non-hydrogen) atoms. The van der Waals surface area contributed by atoms with Crippen molar-refractivity contribution in [1.82, 2.24) is 24.2 Å². The summed E-state index contributed by atoms with van der Waals surface area (Å²) >= 11 is 0. The molecule has 1 aliphatic heterocycles. The summed E-state index contributed by atoms with van der Waals surface area (Å²) in [5, 5.41) is 0. The fraction of sp³-hybridized carbons (Fsp3) is 0.368. The van der Waals surface area contributed by atoms with Crippen molar-refractivity contribution in [3.63, 3.8) is 0 Å². The molecule has 1 aromatic carbocycles. The third-order valence-corrected chi connectivity index (χ3v) is 4.66. The highest BCUT2D eigenvalue weighted by molar-refractivity contribution is 5.28. The average Bonchev–Trinajstić information content (AvgIpc) is 3.04. The lowest BCUT2D eigenvalue weighted by Crippen LogP contribution is -2.45. The zero-order valence-corrected chi connectivity index (χ0v) is 14.1. The smallest absolute Gasteiger partial charge is 0.233 e. The van der Waals surface area contributed by atoms with Gasteiger partial charge in [-0.05, 0) is 12.5 Å². The minimum atomic E-state index is 0.765. The highest BCUT2D eigenvalue weighted by Gasteiger charge is 2.17. The van der Waals surface area contributed by atoms with E-state index in [2.05, 4.69) is 57.2 Å². The molecule has 3 aromatic rings. The lowest BCUT2D eigenvalue weighted by molar-refractivity contribution is 0.122. The van der Waals surface area contributed by atoms with E-state index >= 15 is 0 Å². The summed E-state index contributed by atoms with van der Waals surface area (Å²) in [6.07, 6.45) is 7.82. The third-order valence-electron chi connectivity index (χ3n) is 4.66. The van der Waals surface area contributed by atoms with Gasteiger partial charge in [0.05, 0.1) is 0 Å². The number of benzene rings is 1. The monoisotopic (exact) mass is 321 g/mol. The van der Waals surface area contributed by atoms with Gasteiger partial charge in [-0.3, -0.25) is 14.2 Å². The Balaban J connectivity index is 1.32. The summed E-state index contributed by atoms with van der Waals surface area (Å²) in [6.45, 7) is 8.62. The van der Waals surface area contributed by atoms with Gasteiger partial charge in [0.15, 0.2) is 0 Å². The number of aromatic nitrogens is 3. The molecule has 0 radical (unpaired) electrons. The minimum absolute atomic E-state index is 0.765. The molecule has 0 atom stereocenters. The van der Waals surface area contributed by atoms with Crippen LogP contribution in [0.3, 0.4) is 0 Å². The van der Waals surface area contributed by atoms with Gasteiger partial charge in [0.2, 0.25) is 5.78 Å². The Hall–Kier alpha value is -2.24. The molecule has 0 saturated carbocycles. The summed E-state index contributed by atoms with van der Waals surface area (Å²) in [7, 11) is 0. The van der Waals surface area contributed by atoms with Crippen molar-refractivity contribution in [1.29, 1.82) is 0 Å². The number of rotatable bonds is 4. The van der Waals surface area contributed by atoms with Gasteiger partial charge in [0.25, 0.3) is 0 Å². The predicted molar refractivity (Wildman–Crippen MR) is 94.7 cm³/mol. The molecule has 3 heterocycles. The maximum atomic E-state index is 4.40. The second-order valence-electron chi connectivity index (χ2n) is 6.64. The summed E-state index contributed by atoms with van der Waals surface area (Å²) in [5.74, 6) is 0.765. The topological polar surface area (TPSA) is 36.7 Å². The van der Waals surface area contributed by atoms with E-state index in [0.29, 0.717) is 0 Å². The van der Waals surface area contributed by atoms with Crippen molar-refractivity contribution >= 4 is 5.78 Å². The van der Waals surface area contributed by atoms with E-state index in [1.54, 1.807) is 6.20 Å². The number of fused-ring (bicyclic) bond motifs is 1. The molecular weight excluding hydrogens is 298 g/mol. The van der Waals surface area contributed by atoms with Crippen molar-refractivity contribution in [3.05, 3.63) is 65.7 Å². The number of nitrogens with zero attached hydrogens (tertiary/aromatic N) is 5. The first kappa shape index (κ1) is 15.3.